The average molecular weight is 271 g/mol. The van der Waals surface area contributed by atoms with Crippen molar-refractivity contribution in [3.05, 3.63) is 29.3 Å². The lowest BCUT2D eigenvalue weighted by atomic mass is 9.89. The van der Waals surface area contributed by atoms with Gasteiger partial charge >= 0.3 is 6.03 Å². The Bertz CT molecular complexity index is 624. The maximum Gasteiger partial charge on any atom is 0.324 e. The highest BCUT2D eigenvalue weighted by molar-refractivity contribution is 6.09. The number of ether oxygens (including phenoxy) is 1. The van der Waals surface area contributed by atoms with Crippen molar-refractivity contribution in [3.63, 3.8) is 0 Å². The zero-order valence-electron chi connectivity index (χ0n) is 11.4. The Balaban J connectivity index is 1.89. The predicted molar refractivity (Wildman–Crippen MR) is 74.1 cm³/mol. The third kappa shape index (κ3) is 1.32. The molecule has 1 aromatic rings. The number of hydrogen-bond acceptors (Lipinski definition) is 3. The summed E-state index contributed by atoms with van der Waals surface area (Å²) >= 11 is 0. The summed E-state index contributed by atoms with van der Waals surface area (Å²) < 4.78 is 5.32. The first-order valence-electron chi connectivity index (χ1n) is 7.03. The number of fused-ring (bicyclic) bond motifs is 2. The van der Waals surface area contributed by atoms with Crippen molar-refractivity contribution in [2.45, 2.75) is 37.3 Å². The first-order chi connectivity index (χ1) is 9.66. The molecule has 3 aliphatic rings. The van der Waals surface area contributed by atoms with Crippen molar-refractivity contribution in [3.8, 4) is 5.75 Å². The van der Waals surface area contributed by atoms with Crippen LogP contribution in [0.3, 0.4) is 0 Å². The van der Waals surface area contributed by atoms with Gasteiger partial charge in [-0.2, -0.15) is 0 Å². The lowest BCUT2D eigenvalue weighted by molar-refractivity contribution is 0.167. The normalized spacial score (nSPS) is 27.9. The van der Waals surface area contributed by atoms with Gasteiger partial charge in [-0.05, 0) is 48.9 Å². The standard InChI is InChI=1S/C15H17N3O2/c1-20-11-5-2-9-6-7-15(12(9)8-11)13(16)17-14(19)18(15)10-3-4-10/h2,5,8,10H,3-4,6-7H2,1H3,(H2,16,17,19). The minimum Gasteiger partial charge on any atom is -0.497 e. The van der Waals surface area contributed by atoms with Crippen LogP contribution in [0.15, 0.2) is 18.2 Å². The van der Waals surface area contributed by atoms with E-state index in [1.165, 1.54) is 5.56 Å². The van der Waals surface area contributed by atoms with Crippen LogP contribution in [0.25, 0.3) is 0 Å². The molecule has 2 fully saturated rings. The maximum atomic E-state index is 12.2. The monoisotopic (exact) mass is 271 g/mol. The first kappa shape index (κ1) is 11.8. The molecule has 5 heteroatoms. The fraction of sp³-hybridized carbons (Fsp3) is 0.467. The number of carbonyl (C=O) groups is 1. The molecule has 1 saturated heterocycles. The van der Waals surface area contributed by atoms with E-state index in [9.17, 15) is 4.79 Å². The maximum absolute atomic E-state index is 12.2. The zero-order chi connectivity index (χ0) is 13.9. The van der Waals surface area contributed by atoms with Gasteiger partial charge < -0.3 is 9.64 Å². The summed E-state index contributed by atoms with van der Waals surface area (Å²) in [5, 5.41) is 11.0. The van der Waals surface area contributed by atoms with Gasteiger partial charge in [-0.15, -0.1) is 0 Å². The van der Waals surface area contributed by atoms with Crippen LogP contribution in [0.5, 0.6) is 5.75 Å². The topological polar surface area (TPSA) is 65.4 Å². The van der Waals surface area contributed by atoms with Gasteiger partial charge in [0.25, 0.3) is 0 Å². The fourth-order valence-electron chi connectivity index (χ4n) is 3.62. The highest BCUT2D eigenvalue weighted by atomic mass is 16.5. The second-order valence-electron chi connectivity index (χ2n) is 5.79. The minimum atomic E-state index is -0.581. The summed E-state index contributed by atoms with van der Waals surface area (Å²) in [7, 11) is 1.64. The van der Waals surface area contributed by atoms with E-state index in [1.807, 2.05) is 17.0 Å². The van der Waals surface area contributed by atoms with E-state index in [2.05, 4.69) is 11.4 Å². The van der Waals surface area contributed by atoms with Crippen LogP contribution in [-0.4, -0.2) is 29.9 Å². The minimum absolute atomic E-state index is 0.117. The van der Waals surface area contributed by atoms with Crippen molar-refractivity contribution in [1.29, 1.82) is 5.41 Å². The third-order valence-corrected chi connectivity index (χ3v) is 4.71. The lowest BCUT2D eigenvalue weighted by Crippen LogP contribution is -2.46. The quantitative estimate of drug-likeness (QED) is 0.864. The van der Waals surface area contributed by atoms with E-state index in [0.717, 1.165) is 37.0 Å². The number of urea groups is 1. The molecule has 2 N–H and O–H groups in total. The van der Waals surface area contributed by atoms with E-state index in [1.54, 1.807) is 7.11 Å². The Labute approximate surface area is 117 Å². The number of hydrogen-bond donors (Lipinski definition) is 2. The van der Waals surface area contributed by atoms with Crippen molar-refractivity contribution in [1.82, 2.24) is 10.2 Å². The Morgan fingerprint density at radius 1 is 1.45 bits per heavy atom. The van der Waals surface area contributed by atoms with Crippen LogP contribution in [0, 0.1) is 5.41 Å². The van der Waals surface area contributed by atoms with Crippen molar-refractivity contribution < 1.29 is 9.53 Å². The molecule has 1 aromatic carbocycles. The van der Waals surface area contributed by atoms with Gasteiger partial charge in [-0.1, -0.05) is 6.07 Å². The van der Waals surface area contributed by atoms with E-state index in [0.29, 0.717) is 5.84 Å². The number of aryl methyl sites for hydroxylation is 1. The molecule has 2 amide bonds. The molecule has 1 unspecified atom stereocenters. The predicted octanol–water partition coefficient (Wildman–Crippen LogP) is 2.00. The molecule has 0 bridgehead atoms. The van der Waals surface area contributed by atoms with Gasteiger partial charge in [0, 0.05) is 6.04 Å². The molecule has 104 valence electrons. The Hall–Kier alpha value is -2.04. The molecular formula is C15H17N3O2. The summed E-state index contributed by atoms with van der Waals surface area (Å²) in [5.74, 6) is 1.11. The Morgan fingerprint density at radius 3 is 2.95 bits per heavy atom. The molecule has 2 aliphatic carbocycles. The van der Waals surface area contributed by atoms with Crippen molar-refractivity contribution in [2.75, 3.05) is 7.11 Å². The molecule has 1 aliphatic heterocycles. The number of nitrogens with zero attached hydrogens (tertiary/aromatic N) is 1. The smallest absolute Gasteiger partial charge is 0.324 e. The molecule has 0 radical (unpaired) electrons. The molecule has 1 atom stereocenters. The highest BCUT2D eigenvalue weighted by Crippen LogP contribution is 2.49. The summed E-state index contributed by atoms with van der Waals surface area (Å²) in [5.41, 5.74) is 1.70. The number of amidine groups is 1. The van der Waals surface area contributed by atoms with Crippen LogP contribution in [-0.2, 0) is 12.0 Å². The second-order valence-corrected chi connectivity index (χ2v) is 5.79. The molecule has 20 heavy (non-hydrogen) atoms. The van der Waals surface area contributed by atoms with Gasteiger partial charge in [0.2, 0.25) is 0 Å². The van der Waals surface area contributed by atoms with E-state index in [-0.39, 0.29) is 12.1 Å². The lowest BCUT2D eigenvalue weighted by Gasteiger charge is -2.34. The first-order valence-corrected chi connectivity index (χ1v) is 7.03. The number of benzene rings is 1. The van der Waals surface area contributed by atoms with Gasteiger partial charge in [0.1, 0.15) is 17.1 Å². The molecule has 4 rings (SSSR count). The average Bonchev–Trinajstić information content (AvgIpc) is 3.15. The molecule has 1 saturated carbocycles. The molecule has 1 heterocycles. The molecule has 1 spiro atoms. The van der Waals surface area contributed by atoms with Crippen LogP contribution >= 0.6 is 0 Å². The van der Waals surface area contributed by atoms with Crippen LogP contribution in [0.1, 0.15) is 30.4 Å². The Morgan fingerprint density at radius 2 is 2.25 bits per heavy atom. The third-order valence-electron chi connectivity index (χ3n) is 4.71. The second kappa shape index (κ2) is 3.75. The number of nitrogens with one attached hydrogen (secondary N) is 2. The SMILES string of the molecule is COc1ccc2c(c1)C1(CC2)C(=N)NC(=O)N1C1CC1. The van der Waals surface area contributed by atoms with E-state index >= 15 is 0 Å². The van der Waals surface area contributed by atoms with E-state index < -0.39 is 5.54 Å². The summed E-state index contributed by atoms with van der Waals surface area (Å²) in [4.78, 5) is 14.1. The molecule has 0 aromatic heterocycles. The largest absolute Gasteiger partial charge is 0.497 e. The van der Waals surface area contributed by atoms with Crippen molar-refractivity contribution >= 4 is 11.9 Å². The van der Waals surface area contributed by atoms with Crippen LogP contribution < -0.4 is 10.1 Å². The molecular weight excluding hydrogens is 254 g/mol. The van der Waals surface area contributed by atoms with Gasteiger partial charge in [-0.3, -0.25) is 10.7 Å². The number of amides is 2. The highest BCUT2D eigenvalue weighted by Gasteiger charge is 2.58. The molecule has 5 nitrogen and oxygen atoms in total. The summed E-state index contributed by atoms with van der Waals surface area (Å²) in [6, 6.07) is 6.17. The summed E-state index contributed by atoms with van der Waals surface area (Å²) in [6.45, 7) is 0. The summed E-state index contributed by atoms with van der Waals surface area (Å²) in [6.07, 6.45) is 3.78. The number of rotatable bonds is 2. The van der Waals surface area contributed by atoms with Crippen LogP contribution in [0.4, 0.5) is 4.79 Å². The fourth-order valence-corrected chi connectivity index (χ4v) is 3.62. The van der Waals surface area contributed by atoms with E-state index in [4.69, 9.17) is 10.1 Å². The van der Waals surface area contributed by atoms with Crippen molar-refractivity contribution in [2.24, 2.45) is 0 Å². The Kier molecular flexibility index (Phi) is 2.20. The number of methoxy groups -OCH3 is 1. The van der Waals surface area contributed by atoms with Gasteiger partial charge in [0.05, 0.1) is 7.11 Å². The van der Waals surface area contributed by atoms with Gasteiger partial charge in [0.15, 0.2) is 0 Å². The van der Waals surface area contributed by atoms with Gasteiger partial charge in [-0.25, -0.2) is 4.79 Å². The number of carbonyl (C=O) groups excluding carboxylic acids is 1. The zero-order valence-corrected chi connectivity index (χ0v) is 11.4. The van der Waals surface area contributed by atoms with Crippen LogP contribution in [0.2, 0.25) is 0 Å².